The zero-order valence-corrected chi connectivity index (χ0v) is 11.7. The van der Waals surface area contributed by atoms with Crippen molar-refractivity contribution in [1.82, 2.24) is 9.97 Å². The first-order chi connectivity index (χ1) is 7.54. The zero-order valence-electron chi connectivity index (χ0n) is 10.1. The third-order valence-electron chi connectivity index (χ3n) is 2.43. The van der Waals surface area contributed by atoms with E-state index in [1.54, 1.807) is 0 Å². The van der Waals surface area contributed by atoms with Crippen LogP contribution in [0, 0.1) is 5.92 Å². The summed E-state index contributed by atoms with van der Waals surface area (Å²) in [6, 6.07) is 0. The minimum atomic E-state index is -0.0581. The summed E-state index contributed by atoms with van der Waals surface area (Å²) < 4.78 is 0.586. The highest BCUT2D eigenvalue weighted by atomic mass is 79.9. The normalized spacial score (nSPS) is 11.1. The highest BCUT2D eigenvalue weighted by Crippen LogP contribution is 2.12. The van der Waals surface area contributed by atoms with E-state index in [1.807, 2.05) is 0 Å². The van der Waals surface area contributed by atoms with Crippen LogP contribution in [0.25, 0.3) is 0 Å². The van der Waals surface area contributed by atoms with E-state index < -0.39 is 0 Å². The van der Waals surface area contributed by atoms with E-state index in [9.17, 15) is 4.79 Å². The first-order valence-corrected chi connectivity index (χ1v) is 6.61. The van der Waals surface area contributed by atoms with Gasteiger partial charge < -0.3 is 4.98 Å². The smallest absolute Gasteiger partial charge is 0.265 e. The maximum atomic E-state index is 11.6. The van der Waals surface area contributed by atoms with Crippen molar-refractivity contribution in [3.05, 3.63) is 26.3 Å². The molecule has 0 fully saturated rings. The van der Waals surface area contributed by atoms with Crippen molar-refractivity contribution in [2.24, 2.45) is 5.92 Å². The molecule has 0 aliphatic carbocycles. The third kappa shape index (κ3) is 3.74. The molecule has 0 spiro atoms. The first-order valence-electron chi connectivity index (χ1n) is 5.82. The molecule has 0 amide bonds. The molecule has 1 N–H and O–H groups in total. The van der Waals surface area contributed by atoms with E-state index in [4.69, 9.17) is 0 Å². The summed E-state index contributed by atoms with van der Waals surface area (Å²) >= 11 is 3.29. The summed E-state index contributed by atoms with van der Waals surface area (Å²) in [4.78, 5) is 18.9. The van der Waals surface area contributed by atoms with Crippen LogP contribution in [0.2, 0.25) is 0 Å². The second kappa shape index (κ2) is 6.18. The molecule has 1 aromatic heterocycles. The van der Waals surface area contributed by atoms with Gasteiger partial charge in [-0.3, -0.25) is 4.79 Å². The van der Waals surface area contributed by atoms with Crippen molar-refractivity contribution in [3.8, 4) is 0 Å². The minimum absolute atomic E-state index is 0.0581. The molecule has 90 valence electrons. The van der Waals surface area contributed by atoms with Crippen LogP contribution in [0.4, 0.5) is 0 Å². The van der Waals surface area contributed by atoms with Gasteiger partial charge in [-0.25, -0.2) is 4.98 Å². The van der Waals surface area contributed by atoms with Crippen molar-refractivity contribution >= 4 is 15.9 Å². The fourth-order valence-electron chi connectivity index (χ4n) is 1.50. The molecule has 0 unspecified atom stereocenters. The van der Waals surface area contributed by atoms with E-state index in [0.717, 1.165) is 37.2 Å². The highest BCUT2D eigenvalue weighted by molar-refractivity contribution is 9.10. The number of nitrogens with one attached hydrogen (secondary N) is 1. The fraction of sp³-hybridized carbons (Fsp3) is 0.667. The Balaban J connectivity index is 2.90. The highest BCUT2D eigenvalue weighted by Gasteiger charge is 2.08. The van der Waals surface area contributed by atoms with Crippen LogP contribution in [0.15, 0.2) is 9.27 Å². The van der Waals surface area contributed by atoms with Gasteiger partial charge in [0.2, 0.25) is 0 Å². The largest absolute Gasteiger partial charge is 0.310 e. The van der Waals surface area contributed by atoms with Gasteiger partial charge in [0, 0.05) is 6.42 Å². The van der Waals surface area contributed by atoms with Gasteiger partial charge >= 0.3 is 0 Å². The lowest BCUT2D eigenvalue weighted by molar-refractivity contribution is 0.571. The monoisotopic (exact) mass is 286 g/mol. The number of aromatic nitrogens is 2. The topological polar surface area (TPSA) is 45.8 Å². The average molecular weight is 287 g/mol. The molecule has 0 aliphatic rings. The molecule has 1 heterocycles. The number of aryl methyl sites for hydroxylation is 2. The summed E-state index contributed by atoms with van der Waals surface area (Å²) in [6.07, 6.45) is 3.74. The molecule has 0 aromatic carbocycles. The van der Waals surface area contributed by atoms with Gasteiger partial charge in [-0.2, -0.15) is 0 Å². The molecule has 4 heteroatoms. The zero-order chi connectivity index (χ0) is 12.1. The van der Waals surface area contributed by atoms with Crippen LogP contribution in [-0.4, -0.2) is 9.97 Å². The average Bonchev–Trinajstić information content (AvgIpc) is 2.22. The van der Waals surface area contributed by atoms with E-state index in [-0.39, 0.29) is 5.56 Å². The standard InChI is InChI=1S/C12H19BrN2O/c1-4-5-9-11(13)12(16)15-10(14-9)7-6-8(2)3/h8H,4-7H2,1-3H3,(H,14,15,16). The summed E-state index contributed by atoms with van der Waals surface area (Å²) in [7, 11) is 0. The van der Waals surface area contributed by atoms with E-state index in [2.05, 4.69) is 46.7 Å². The molecular formula is C12H19BrN2O. The van der Waals surface area contributed by atoms with Gasteiger partial charge in [-0.15, -0.1) is 0 Å². The Labute approximate surface area is 105 Å². The van der Waals surface area contributed by atoms with Gasteiger partial charge in [0.15, 0.2) is 0 Å². The quantitative estimate of drug-likeness (QED) is 0.904. The predicted octanol–water partition coefficient (Wildman–Crippen LogP) is 3.07. The van der Waals surface area contributed by atoms with Crippen LogP contribution in [0.5, 0.6) is 0 Å². The summed E-state index contributed by atoms with van der Waals surface area (Å²) in [5.74, 6) is 1.44. The molecule has 0 atom stereocenters. The molecule has 0 saturated heterocycles. The summed E-state index contributed by atoms with van der Waals surface area (Å²) in [5, 5.41) is 0. The van der Waals surface area contributed by atoms with E-state index in [0.29, 0.717) is 10.4 Å². The van der Waals surface area contributed by atoms with Crippen LogP contribution in [0.3, 0.4) is 0 Å². The number of nitrogens with zero attached hydrogens (tertiary/aromatic N) is 1. The lowest BCUT2D eigenvalue weighted by Crippen LogP contribution is -2.16. The van der Waals surface area contributed by atoms with Crippen molar-refractivity contribution in [3.63, 3.8) is 0 Å². The van der Waals surface area contributed by atoms with Crippen molar-refractivity contribution in [1.29, 1.82) is 0 Å². The molecule has 16 heavy (non-hydrogen) atoms. The van der Waals surface area contributed by atoms with Crippen LogP contribution in [-0.2, 0) is 12.8 Å². The second-order valence-corrected chi connectivity index (χ2v) is 5.25. The molecule has 0 aliphatic heterocycles. The van der Waals surface area contributed by atoms with Gasteiger partial charge in [-0.1, -0.05) is 27.2 Å². The lowest BCUT2D eigenvalue weighted by Gasteiger charge is -2.07. The summed E-state index contributed by atoms with van der Waals surface area (Å²) in [6.45, 7) is 6.43. The Hall–Kier alpha value is -0.640. The fourth-order valence-corrected chi connectivity index (χ4v) is 1.89. The number of hydrogen-bond donors (Lipinski definition) is 1. The number of aromatic amines is 1. The molecule has 3 nitrogen and oxygen atoms in total. The molecule has 1 aromatic rings. The molecule has 0 radical (unpaired) electrons. The van der Waals surface area contributed by atoms with Crippen LogP contribution >= 0.6 is 15.9 Å². The number of rotatable bonds is 5. The van der Waals surface area contributed by atoms with Crippen LogP contribution < -0.4 is 5.56 Å². The Morgan fingerprint density at radius 1 is 1.38 bits per heavy atom. The Morgan fingerprint density at radius 2 is 2.06 bits per heavy atom. The third-order valence-corrected chi connectivity index (χ3v) is 3.24. The van der Waals surface area contributed by atoms with Crippen molar-refractivity contribution in [2.75, 3.05) is 0 Å². The van der Waals surface area contributed by atoms with Gasteiger partial charge in [0.05, 0.1) is 5.69 Å². The molecule has 0 bridgehead atoms. The Kier molecular flexibility index (Phi) is 5.19. The number of halogens is 1. The van der Waals surface area contributed by atoms with Gasteiger partial charge in [0.25, 0.3) is 5.56 Å². The van der Waals surface area contributed by atoms with E-state index >= 15 is 0 Å². The Bertz CT molecular complexity index is 398. The van der Waals surface area contributed by atoms with Gasteiger partial charge in [-0.05, 0) is 34.7 Å². The van der Waals surface area contributed by atoms with Crippen LogP contribution in [0.1, 0.15) is 45.1 Å². The predicted molar refractivity (Wildman–Crippen MR) is 69.7 cm³/mol. The van der Waals surface area contributed by atoms with Gasteiger partial charge in [0.1, 0.15) is 10.3 Å². The lowest BCUT2D eigenvalue weighted by atomic mass is 10.1. The Morgan fingerprint density at radius 3 is 2.62 bits per heavy atom. The SMILES string of the molecule is CCCc1nc(CCC(C)C)[nH]c(=O)c1Br. The maximum absolute atomic E-state index is 11.6. The van der Waals surface area contributed by atoms with Crippen molar-refractivity contribution in [2.45, 2.75) is 46.5 Å². The first kappa shape index (κ1) is 13.4. The molecule has 0 saturated carbocycles. The number of H-pyrrole nitrogens is 1. The number of hydrogen-bond acceptors (Lipinski definition) is 2. The molecular weight excluding hydrogens is 268 g/mol. The van der Waals surface area contributed by atoms with E-state index in [1.165, 1.54) is 0 Å². The summed E-state index contributed by atoms with van der Waals surface area (Å²) in [5.41, 5.74) is 0.821. The second-order valence-electron chi connectivity index (χ2n) is 4.46. The maximum Gasteiger partial charge on any atom is 0.265 e. The van der Waals surface area contributed by atoms with Crippen molar-refractivity contribution < 1.29 is 0 Å². The minimum Gasteiger partial charge on any atom is -0.310 e. The molecule has 1 rings (SSSR count).